The van der Waals surface area contributed by atoms with Gasteiger partial charge in [0.1, 0.15) is 23.8 Å². The summed E-state index contributed by atoms with van der Waals surface area (Å²) in [6.45, 7) is 9.40. The van der Waals surface area contributed by atoms with E-state index in [0.717, 1.165) is 49.6 Å². The van der Waals surface area contributed by atoms with Gasteiger partial charge in [-0.25, -0.2) is 18.1 Å². The maximum Gasteiger partial charge on any atom is 0.297 e. The summed E-state index contributed by atoms with van der Waals surface area (Å²) in [7, 11) is -3.15. The first-order valence-corrected chi connectivity index (χ1v) is 22.9. The molecule has 62 heavy (non-hydrogen) atoms. The highest BCUT2D eigenvalue weighted by Crippen LogP contribution is 2.54. The molecular weight excluding hydrogens is 811 g/mol. The normalized spacial score (nSPS) is 21.3. The second-order valence-corrected chi connectivity index (χ2v) is 19.7. The minimum Gasteiger partial charge on any atom is -0.489 e. The Kier molecular flexibility index (Phi) is 10.9. The molecule has 4 aliphatic rings. The van der Waals surface area contributed by atoms with Gasteiger partial charge in [0.15, 0.2) is 11.4 Å². The second-order valence-electron chi connectivity index (χ2n) is 18.0. The SMILES string of the molecule is COCC1(C)COc2cc(S(=O)(=O)NC(=O)c3ccc(N4CCC5(CC4)CC(N4CCC[C@H]4c4ccccc4C(C)C)C5)cc3Oc3cnc4[nH]ccc4c3)cc([N+](=O)[O-])c2N1. The van der Waals surface area contributed by atoms with Gasteiger partial charge in [0.25, 0.3) is 21.6 Å². The molecule has 326 valence electrons. The molecule has 1 spiro atoms. The lowest BCUT2D eigenvalue weighted by Gasteiger charge is -2.56. The number of likely N-dealkylation sites (tertiary alicyclic amines) is 1. The molecule has 2 aromatic heterocycles. The molecule has 0 radical (unpaired) electrons. The quantitative estimate of drug-likeness (QED) is 0.0808. The Balaban J connectivity index is 0.931. The number of nitro groups is 1. The van der Waals surface area contributed by atoms with Crippen molar-refractivity contribution in [3.63, 3.8) is 0 Å². The molecule has 3 aliphatic heterocycles. The van der Waals surface area contributed by atoms with Crippen molar-refractivity contribution in [3.8, 4) is 17.2 Å². The van der Waals surface area contributed by atoms with E-state index in [9.17, 15) is 23.3 Å². The standard InChI is InChI=1S/C46H53N7O8S/c1-29(2)35-8-5-6-9-36(35)38-10-7-17-52(38)32-24-46(25-32)14-18-51(19-15-46)31-11-12-37(40(21-31)61-33-20-30-13-16-47-43(30)48-26-33)44(54)50-62(57,58)34-22-39(53(55)56)42-41(23-34)60-28-45(3,49-42)27-59-4/h5-6,8-9,11-13,16,20-23,26,29,32,38,49H,7,10,14-15,17-19,24-25,27-28H2,1-4H3,(H,47,48)(H,50,54)/t38-,45?/m0/s1. The average molecular weight is 864 g/mol. The molecule has 2 saturated heterocycles. The maximum atomic E-state index is 14.0. The van der Waals surface area contributed by atoms with Gasteiger partial charge in [-0.2, -0.15) is 0 Å². The number of amides is 1. The van der Waals surface area contributed by atoms with Gasteiger partial charge in [-0.05, 0) is 98.7 Å². The van der Waals surface area contributed by atoms with Crippen LogP contribution in [0.15, 0.2) is 84.0 Å². The van der Waals surface area contributed by atoms with Crippen LogP contribution in [0.25, 0.3) is 11.0 Å². The van der Waals surface area contributed by atoms with E-state index in [1.807, 2.05) is 12.1 Å². The number of ether oxygens (including phenoxy) is 3. The Morgan fingerprint density at radius 1 is 1.08 bits per heavy atom. The number of benzene rings is 3. The van der Waals surface area contributed by atoms with Crippen LogP contribution in [0.3, 0.4) is 0 Å². The van der Waals surface area contributed by atoms with Gasteiger partial charge in [-0.15, -0.1) is 0 Å². The van der Waals surface area contributed by atoms with Crippen molar-refractivity contribution in [2.75, 3.05) is 50.2 Å². The third kappa shape index (κ3) is 7.95. The summed E-state index contributed by atoms with van der Waals surface area (Å²) in [6, 6.07) is 20.9. The zero-order valence-electron chi connectivity index (χ0n) is 35.5. The van der Waals surface area contributed by atoms with E-state index < -0.39 is 37.0 Å². The predicted octanol–water partition coefficient (Wildman–Crippen LogP) is 8.30. The number of piperidine rings is 1. The highest BCUT2D eigenvalue weighted by atomic mass is 32.2. The Bertz CT molecular complexity index is 2630. The van der Waals surface area contributed by atoms with Crippen LogP contribution < -0.4 is 24.4 Å². The van der Waals surface area contributed by atoms with E-state index in [1.165, 1.54) is 56.2 Å². The summed E-state index contributed by atoms with van der Waals surface area (Å²) in [5.41, 5.74) is 3.43. The van der Waals surface area contributed by atoms with E-state index in [0.29, 0.717) is 34.8 Å². The molecule has 5 aromatic rings. The molecule has 1 aliphatic carbocycles. The molecule has 5 heterocycles. The number of H-pyrrole nitrogens is 1. The molecule has 3 fully saturated rings. The van der Waals surface area contributed by atoms with Gasteiger partial charge < -0.3 is 29.4 Å². The average Bonchev–Trinajstić information content (AvgIpc) is 3.92. The number of methoxy groups -OCH3 is 1. The van der Waals surface area contributed by atoms with Crippen LogP contribution in [0, 0.1) is 15.5 Å². The number of fused-ring (bicyclic) bond motifs is 2. The minimum absolute atomic E-state index is 0.0228. The molecule has 1 amide bonds. The lowest BCUT2D eigenvalue weighted by Crippen LogP contribution is -2.54. The molecular formula is C46H53N7O8S. The van der Waals surface area contributed by atoms with Gasteiger partial charge in [-0.3, -0.25) is 19.8 Å². The third-order valence-corrected chi connectivity index (χ3v) is 14.6. The fourth-order valence-electron chi connectivity index (χ4n) is 10.1. The Morgan fingerprint density at radius 2 is 1.87 bits per heavy atom. The van der Waals surface area contributed by atoms with Crippen molar-refractivity contribution in [2.45, 2.75) is 87.7 Å². The smallest absolute Gasteiger partial charge is 0.297 e. The topological polar surface area (TPSA) is 181 Å². The molecule has 3 aromatic carbocycles. The monoisotopic (exact) mass is 863 g/mol. The van der Waals surface area contributed by atoms with Crippen molar-refractivity contribution in [1.82, 2.24) is 19.6 Å². The molecule has 2 atom stereocenters. The number of hydrogen-bond donors (Lipinski definition) is 3. The van der Waals surface area contributed by atoms with Crippen LogP contribution in [-0.2, 0) is 14.8 Å². The van der Waals surface area contributed by atoms with E-state index >= 15 is 0 Å². The fourth-order valence-corrected chi connectivity index (χ4v) is 11.1. The summed E-state index contributed by atoms with van der Waals surface area (Å²) in [4.78, 5) is 37.6. The van der Waals surface area contributed by atoms with Gasteiger partial charge in [0.2, 0.25) is 0 Å². The van der Waals surface area contributed by atoms with E-state index in [-0.39, 0.29) is 36.0 Å². The van der Waals surface area contributed by atoms with Gasteiger partial charge in [0, 0.05) is 67.8 Å². The van der Waals surface area contributed by atoms with Crippen LogP contribution >= 0.6 is 0 Å². The predicted molar refractivity (Wildman–Crippen MR) is 236 cm³/mol. The molecule has 1 saturated carbocycles. The number of nitrogens with zero attached hydrogens (tertiary/aromatic N) is 4. The fraction of sp³-hybridized carbons (Fsp3) is 0.435. The van der Waals surface area contributed by atoms with Crippen LogP contribution in [0.2, 0.25) is 0 Å². The summed E-state index contributed by atoms with van der Waals surface area (Å²) in [5.74, 6) is -0.0139. The molecule has 1 unspecified atom stereocenters. The number of anilines is 2. The molecule has 15 nitrogen and oxygen atoms in total. The Morgan fingerprint density at radius 3 is 2.63 bits per heavy atom. The van der Waals surface area contributed by atoms with Crippen LogP contribution in [-0.4, -0.2) is 85.7 Å². The number of hydrogen-bond acceptors (Lipinski definition) is 12. The highest BCUT2D eigenvalue weighted by molar-refractivity contribution is 7.90. The van der Waals surface area contributed by atoms with E-state index in [2.05, 4.69) is 67.9 Å². The number of carbonyl (C=O) groups is 1. The second kappa shape index (κ2) is 16.2. The summed E-state index contributed by atoms with van der Waals surface area (Å²) < 4.78 is 47.2. The van der Waals surface area contributed by atoms with E-state index in [4.69, 9.17) is 14.2 Å². The number of sulfonamides is 1. The summed E-state index contributed by atoms with van der Waals surface area (Å²) >= 11 is 0. The number of nitro benzene ring substituents is 1. The van der Waals surface area contributed by atoms with Crippen molar-refractivity contribution in [2.24, 2.45) is 5.41 Å². The Labute approximate surface area is 361 Å². The first-order chi connectivity index (χ1) is 29.7. The Hall–Kier alpha value is -5.71. The van der Waals surface area contributed by atoms with Crippen molar-refractivity contribution < 1.29 is 32.3 Å². The van der Waals surface area contributed by atoms with E-state index in [1.54, 1.807) is 31.3 Å². The number of aromatic amines is 1. The van der Waals surface area contributed by atoms with Crippen LogP contribution in [0.4, 0.5) is 17.1 Å². The maximum absolute atomic E-state index is 14.0. The number of nitrogens with one attached hydrogen (secondary N) is 3. The van der Waals surface area contributed by atoms with Gasteiger partial charge in [-0.1, -0.05) is 38.1 Å². The largest absolute Gasteiger partial charge is 0.489 e. The zero-order valence-corrected chi connectivity index (χ0v) is 36.3. The van der Waals surface area contributed by atoms with Gasteiger partial charge >= 0.3 is 0 Å². The number of carbonyl (C=O) groups excluding carboxylic acids is 1. The van der Waals surface area contributed by atoms with Crippen molar-refractivity contribution in [1.29, 1.82) is 0 Å². The number of rotatable bonds is 12. The summed E-state index contributed by atoms with van der Waals surface area (Å²) in [6.07, 6.45) is 10.2. The number of aromatic nitrogens is 2. The summed E-state index contributed by atoms with van der Waals surface area (Å²) in [5, 5.41) is 16.1. The highest BCUT2D eigenvalue weighted by Gasteiger charge is 2.50. The molecule has 3 N–H and O–H groups in total. The number of pyridine rings is 1. The van der Waals surface area contributed by atoms with Crippen LogP contribution in [0.1, 0.15) is 92.7 Å². The first kappa shape index (κ1) is 41.6. The van der Waals surface area contributed by atoms with Gasteiger partial charge in [0.05, 0.1) is 33.7 Å². The molecule has 0 bridgehead atoms. The third-order valence-electron chi connectivity index (χ3n) is 13.3. The molecule has 9 rings (SSSR count). The lowest BCUT2D eigenvalue weighted by atomic mass is 9.59. The first-order valence-electron chi connectivity index (χ1n) is 21.4. The lowest BCUT2D eigenvalue weighted by molar-refractivity contribution is -0.384. The zero-order chi connectivity index (χ0) is 43.4. The van der Waals surface area contributed by atoms with Crippen molar-refractivity contribution in [3.05, 3.63) is 106 Å². The molecule has 16 heteroatoms. The minimum atomic E-state index is -4.65. The van der Waals surface area contributed by atoms with Crippen molar-refractivity contribution >= 4 is 44.0 Å². The van der Waals surface area contributed by atoms with Crippen LogP contribution in [0.5, 0.6) is 17.2 Å².